The molecule has 0 radical (unpaired) electrons. The zero-order chi connectivity index (χ0) is 14.5. The van der Waals surface area contributed by atoms with Crippen molar-refractivity contribution in [2.24, 2.45) is 4.99 Å². The molecular formula is C15H20N4OS. The molecule has 5 nitrogen and oxygen atoms in total. The van der Waals surface area contributed by atoms with E-state index in [-0.39, 0.29) is 5.91 Å². The molecule has 0 aliphatic carbocycles. The smallest absolute Gasteiger partial charge is 0.258 e. The monoisotopic (exact) mass is 304 g/mol. The molecule has 2 aliphatic heterocycles. The number of amides is 1. The lowest BCUT2D eigenvalue weighted by Gasteiger charge is -2.21. The van der Waals surface area contributed by atoms with Crippen LogP contribution in [0.2, 0.25) is 0 Å². The van der Waals surface area contributed by atoms with Gasteiger partial charge < -0.3 is 10.2 Å². The Bertz CT molecular complexity index is 521. The lowest BCUT2D eigenvalue weighted by atomic mass is 10.2. The molecule has 0 saturated carbocycles. The fourth-order valence-corrected chi connectivity index (χ4v) is 3.31. The average molecular weight is 304 g/mol. The first-order chi connectivity index (χ1) is 10.3. The predicted octanol–water partition coefficient (Wildman–Crippen LogP) is 2.29. The highest BCUT2D eigenvalue weighted by Gasteiger charge is 2.14. The molecule has 0 atom stereocenters. The average Bonchev–Trinajstić information content (AvgIpc) is 2.87. The molecule has 21 heavy (non-hydrogen) atoms. The summed E-state index contributed by atoms with van der Waals surface area (Å²) in [4.78, 5) is 23.1. The minimum absolute atomic E-state index is 0.127. The number of hydrogen-bond donors (Lipinski definition) is 1. The first kappa shape index (κ1) is 14.4. The van der Waals surface area contributed by atoms with E-state index in [0.717, 1.165) is 36.4 Å². The Kier molecular flexibility index (Phi) is 4.75. The molecule has 1 amide bonds. The molecule has 1 saturated heterocycles. The van der Waals surface area contributed by atoms with E-state index in [1.165, 1.54) is 25.7 Å². The van der Waals surface area contributed by atoms with Crippen LogP contribution in [0.1, 0.15) is 36.0 Å². The summed E-state index contributed by atoms with van der Waals surface area (Å²) in [6.07, 6.45) is 6.71. The third kappa shape index (κ3) is 3.75. The van der Waals surface area contributed by atoms with E-state index in [1.807, 2.05) is 12.1 Å². The van der Waals surface area contributed by atoms with Gasteiger partial charge in [-0.3, -0.25) is 9.79 Å². The Hall–Kier alpha value is -1.56. The summed E-state index contributed by atoms with van der Waals surface area (Å²) in [7, 11) is 0. The minimum Gasteiger partial charge on any atom is -0.357 e. The van der Waals surface area contributed by atoms with Crippen molar-refractivity contribution in [2.45, 2.75) is 25.7 Å². The van der Waals surface area contributed by atoms with E-state index in [0.29, 0.717) is 5.56 Å². The van der Waals surface area contributed by atoms with Gasteiger partial charge >= 0.3 is 0 Å². The molecule has 0 aromatic carbocycles. The van der Waals surface area contributed by atoms with Crippen molar-refractivity contribution >= 4 is 28.7 Å². The number of nitrogens with one attached hydrogen (secondary N) is 1. The van der Waals surface area contributed by atoms with Crippen molar-refractivity contribution in [1.29, 1.82) is 0 Å². The largest absolute Gasteiger partial charge is 0.357 e. The second-order valence-electron chi connectivity index (χ2n) is 5.30. The number of thioether (sulfide) groups is 1. The highest BCUT2D eigenvalue weighted by Crippen LogP contribution is 2.17. The van der Waals surface area contributed by atoms with E-state index in [2.05, 4.69) is 20.2 Å². The number of amidine groups is 1. The zero-order valence-electron chi connectivity index (χ0n) is 12.0. The van der Waals surface area contributed by atoms with Crippen LogP contribution in [0.5, 0.6) is 0 Å². The van der Waals surface area contributed by atoms with Gasteiger partial charge in [-0.15, -0.1) is 0 Å². The molecular weight excluding hydrogens is 284 g/mol. The van der Waals surface area contributed by atoms with Crippen LogP contribution in [0.15, 0.2) is 23.3 Å². The summed E-state index contributed by atoms with van der Waals surface area (Å²) in [5.41, 5.74) is 0.587. The number of aliphatic imine (C=N–C) groups is 1. The first-order valence-electron chi connectivity index (χ1n) is 7.52. The maximum atomic E-state index is 12.1. The molecule has 1 aromatic heterocycles. The molecule has 3 rings (SSSR count). The van der Waals surface area contributed by atoms with Gasteiger partial charge in [0.25, 0.3) is 5.91 Å². The Morgan fingerprint density at radius 1 is 1.19 bits per heavy atom. The Morgan fingerprint density at radius 2 is 2.00 bits per heavy atom. The molecule has 0 spiro atoms. The summed E-state index contributed by atoms with van der Waals surface area (Å²) >= 11 is 1.58. The number of aromatic nitrogens is 1. The second-order valence-corrected chi connectivity index (χ2v) is 6.38. The highest BCUT2D eigenvalue weighted by atomic mass is 32.2. The standard InChI is InChI=1S/C15H20N4OS/c20-14(18-15-16-7-10-21-15)12-5-6-13(17-11-12)19-8-3-1-2-4-9-19/h5-6,11H,1-4,7-10H2,(H,16,18,20). The molecule has 0 unspecified atom stereocenters. The van der Waals surface area contributed by atoms with Gasteiger partial charge in [0.2, 0.25) is 0 Å². The van der Waals surface area contributed by atoms with Crippen LogP contribution in [0, 0.1) is 0 Å². The predicted molar refractivity (Wildman–Crippen MR) is 87.1 cm³/mol. The molecule has 2 aliphatic rings. The van der Waals surface area contributed by atoms with Crippen molar-refractivity contribution in [1.82, 2.24) is 10.3 Å². The van der Waals surface area contributed by atoms with Gasteiger partial charge in [0, 0.05) is 25.0 Å². The molecule has 1 N–H and O–H groups in total. The second kappa shape index (κ2) is 6.93. The quantitative estimate of drug-likeness (QED) is 0.911. The summed E-state index contributed by atoms with van der Waals surface area (Å²) in [5.74, 6) is 1.79. The lowest BCUT2D eigenvalue weighted by Crippen LogP contribution is -2.28. The Balaban J connectivity index is 1.64. The zero-order valence-corrected chi connectivity index (χ0v) is 12.9. The summed E-state index contributed by atoms with van der Waals surface area (Å²) in [6.45, 7) is 2.91. The van der Waals surface area contributed by atoms with Gasteiger partial charge in [-0.25, -0.2) is 4.98 Å². The van der Waals surface area contributed by atoms with Crippen molar-refractivity contribution in [3.05, 3.63) is 23.9 Å². The van der Waals surface area contributed by atoms with Gasteiger partial charge in [-0.2, -0.15) is 0 Å². The summed E-state index contributed by atoms with van der Waals surface area (Å²) in [6, 6.07) is 3.80. The molecule has 1 aromatic rings. The van der Waals surface area contributed by atoms with E-state index in [9.17, 15) is 4.79 Å². The molecule has 112 valence electrons. The van der Waals surface area contributed by atoms with Crippen molar-refractivity contribution in [3.63, 3.8) is 0 Å². The van der Waals surface area contributed by atoms with Crippen LogP contribution in [-0.4, -0.2) is 41.4 Å². The topological polar surface area (TPSA) is 57.6 Å². The van der Waals surface area contributed by atoms with Crippen LogP contribution in [0.4, 0.5) is 5.82 Å². The minimum atomic E-state index is -0.127. The molecule has 1 fully saturated rings. The molecule has 3 heterocycles. The molecule has 0 bridgehead atoms. The van der Waals surface area contributed by atoms with Crippen LogP contribution >= 0.6 is 11.8 Å². The van der Waals surface area contributed by atoms with Crippen LogP contribution in [-0.2, 0) is 0 Å². The van der Waals surface area contributed by atoms with E-state index < -0.39 is 0 Å². The fourth-order valence-electron chi connectivity index (χ4n) is 2.59. The number of nitrogens with zero attached hydrogens (tertiary/aromatic N) is 3. The maximum absolute atomic E-state index is 12.1. The Morgan fingerprint density at radius 3 is 2.62 bits per heavy atom. The third-order valence-corrected chi connectivity index (χ3v) is 4.64. The number of carbonyl (C=O) groups excluding carboxylic acids is 1. The normalized spacial score (nSPS) is 19.0. The number of anilines is 1. The van der Waals surface area contributed by atoms with E-state index in [1.54, 1.807) is 18.0 Å². The van der Waals surface area contributed by atoms with E-state index in [4.69, 9.17) is 0 Å². The lowest BCUT2D eigenvalue weighted by molar-refractivity contribution is 0.0977. The van der Waals surface area contributed by atoms with Crippen molar-refractivity contribution in [2.75, 3.05) is 30.3 Å². The third-order valence-electron chi connectivity index (χ3n) is 3.75. The fraction of sp³-hybridized carbons (Fsp3) is 0.533. The number of rotatable bonds is 2. The number of hydrogen-bond acceptors (Lipinski definition) is 5. The van der Waals surface area contributed by atoms with Gasteiger partial charge in [0.1, 0.15) is 5.82 Å². The summed E-state index contributed by atoms with van der Waals surface area (Å²) in [5, 5.41) is 3.54. The first-order valence-corrected chi connectivity index (χ1v) is 8.51. The van der Waals surface area contributed by atoms with Gasteiger partial charge in [-0.05, 0) is 25.0 Å². The van der Waals surface area contributed by atoms with Crippen molar-refractivity contribution in [3.8, 4) is 0 Å². The van der Waals surface area contributed by atoms with Gasteiger partial charge in [-0.1, -0.05) is 24.6 Å². The van der Waals surface area contributed by atoms with Gasteiger partial charge in [0.05, 0.1) is 12.1 Å². The summed E-state index contributed by atoms with van der Waals surface area (Å²) < 4.78 is 0. The molecule has 6 heteroatoms. The van der Waals surface area contributed by atoms with Crippen molar-refractivity contribution < 1.29 is 4.79 Å². The SMILES string of the molecule is O=C(NC1=NCCS1)c1ccc(N2CCCCCC2)nc1. The maximum Gasteiger partial charge on any atom is 0.258 e. The van der Waals surface area contributed by atoms with Crippen LogP contribution in [0.3, 0.4) is 0 Å². The van der Waals surface area contributed by atoms with Gasteiger partial charge in [0.15, 0.2) is 5.17 Å². The van der Waals surface area contributed by atoms with Crippen LogP contribution < -0.4 is 10.2 Å². The van der Waals surface area contributed by atoms with Crippen LogP contribution in [0.25, 0.3) is 0 Å². The Labute approximate surface area is 129 Å². The number of pyridine rings is 1. The highest BCUT2D eigenvalue weighted by molar-refractivity contribution is 8.14. The van der Waals surface area contributed by atoms with E-state index >= 15 is 0 Å². The number of carbonyl (C=O) groups is 1.